The number of H-pyrrole nitrogens is 1. The Hall–Kier alpha value is -1.31. The number of nitrogens with zero attached hydrogens (tertiary/aromatic N) is 1. The highest BCUT2D eigenvalue weighted by molar-refractivity contribution is 5.83. The van der Waals surface area contributed by atoms with E-state index >= 15 is 0 Å². The number of aromatic nitrogens is 2. The second-order valence-electron chi connectivity index (χ2n) is 3.00. The number of rotatable bonds is 1. The molecule has 0 amide bonds. The van der Waals surface area contributed by atoms with E-state index in [1.807, 2.05) is 18.5 Å². The van der Waals surface area contributed by atoms with Crippen LogP contribution in [0.2, 0.25) is 0 Å². The molecular formula is C10H12N2. The molecule has 0 aliphatic carbocycles. The summed E-state index contributed by atoms with van der Waals surface area (Å²) in [5.41, 5.74) is 3.85. The summed E-state index contributed by atoms with van der Waals surface area (Å²) < 4.78 is 0. The smallest absolute Gasteiger partial charge is 0.0489 e. The van der Waals surface area contributed by atoms with E-state index in [1.54, 1.807) is 0 Å². The standard InChI is InChI=1S/C10H12N2/c1-3-8-7(2)12-10-4-5-11-6-9(8)10/h4-6,12H,3H2,1-2H3. The first-order valence-corrected chi connectivity index (χ1v) is 4.24. The molecule has 0 saturated carbocycles. The molecule has 0 spiro atoms. The lowest BCUT2D eigenvalue weighted by atomic mass is 10.1. The fraction of sp³-hybridized carbons (Fsp3) is 0.300. The Bertz CT molecular complexity index is 401. The van der Waals surface area contributed by atoms with Crippen LogP contribution in [0.5, 0.6) is 0 Å². The highest BCUT2D eigenvalue weighted by Gasteiger charge is 2.04. The maximum atomic E-state index is 4.11. The number of hydrogen-bond acceptors (Lipinski definition) is 1. The molecule has 0 radical (unpaired) electrons. The van der Waals surface area contributed by atoms with Gasteiger partial charge >= 0.3 is 0 Å². The van der Waals surface area contributed by atoms with E-state index in [1.165, 1.54) is 22.2 Å². The lowest BCUT2D eigenvalue weighted by molar-refractivity contribution is 1.11. The first-order valence-electron chi connectivity index (χ1n) is 4.24. The summed E-state index contributed by atoms with van der Waals surface area (Å²) in [6, 6.07) is 2.02. The van der Waals surface area contributed by atoms with Crippen LogP contribution in [0, 0.1) is 6.92 Å². The molecule has 2 heteroatoms. The fourth-order valence-corrected chi connectivity index (χ4v) is 1.68. The van der Waals surface area contributed by atoms with Gasteiger partial charge in [-0.15, -0.1) is 0 Å². The predicted octanol–water partition coefficient (Wildman–Crippen LogP) is 2.43. The first-order chi connectivity index (χ1) is 5.83. The second-order valence-corrected chi connectivity index (χ2v) is 3.00. The maximum Gasteiger partial charge on any atom is 0.0489 e. The van der Waals surface area contributed by atoms with Crippen molar-refractivity contribution < 1.29 is 0 Å². The molecule has 2 aromatic heterocycles. The number of fused-ring (bicyclic) bond motifs is 1. The summed E-state index contributed by atoms with van der Waals surface area (Å²) in [6.45, 7) is 4.28. The predicted molar refractivity (Wildman–Crippen MR) is 50.2 cm³/mol. The number of hydrogen-bond donors (Lipinski definition) is 1. The average molecular weight is 160 g/mol. The molecule has 2 nitrogen and oxygen atoms in total. The van der Waals surface area contributed by atoms with Gasteiger partial charge in [0, 0.05) is 29.0 Å². The van der Waals surface area contributed by atoms with E-state index in [-0.39, 0.29) is 0 Å². The molecule has 1 N–H and O–H groups in total. The average Bonchev–Trinajstić information content (AvgIpc) is 2.40. The molecule has 2 aromatic rings. The van der Waals surface area contributed by atoms with E-state index in [4.69, 9.17) is 0 Å². The zero-order valence-corrected chi connectivity index (χ0v) is 7.39. The molecule has 0 bridgehead atoms. The Labute approximate surface area is 71.6 Å². The highest BCUT2D eigenvalue weighted by atomic mass is 14.7. The van der Waals surface area contributed by atoms with Gasteiger partial charge in [-0.05, 0) is 25.0 Å². The van der Waals surface area contributed by atoms with Crippen molar-refractivity contribution in [1.29, 1.82) is 0 Å². The van der Waals surface area contributed by atoms with Gasteiger partial charge in [0.2, 0.25) is 0 Å². The molecule has 0 atom stereocenters. The van der Waals surface area contributed by atoms with Gasteiger partial charge in [-0.3, -0.25) is 4.98 Å². The third-order valence-electron chi connectivity index (χ3n) is 2.27. The van der Waals surface area contributed by atoms with E-state index in [0.29, 0.717) is 0 Å². The van der Waals surface area contributed by atoms with Crippen LogP contribution in [-0.4, -0.2) is 9.97 Å². The molecule has 0 aliphatic rings. The van der Waals surface area contributed by atoms with Gasteiger partial charge in [0.1, 0.15) is 0 Å². The van der Waals surface area contributed by atoms with Crippen molar-refractivity contribution in [2.75, 3.05) is 0 Å². The van der Waals surface area contributed by atoms with Crippen molar-refractivity contribution in [3.63, 3.8) is 0 Å². The van der Waals surface area contributed by atoms with Crippen LogP contribution in [0.3, 0.4) is 0 Å². The van der Waals surface area contributed by atoms with Crippen molar-refractivity contribution in [3.8, 4) is 0 Å². The van der Waals surface area contributed by atoms with Crippen molar-refractivity contribution in [2.45, 2.75) is 20.3 Å². The summed E-state index contributed by atoms with van der Waals surface area (Å²) >= 11 is 0. The molecule has 12 heavy (non-hydrogen) atoms. The number of aryl methyl sites for hydroxylation is 2. The van der Waals surface area contributed by atoms with Crippen LogP contribution < -0.4 is 0 Å². The zero-order valence-electron chi connectivity index (χ0n) is 7.39. The van der Waals surface area contributed by atoms with E-state index in [2.05, 4.69) is 23.8 Å². The SMILES string of the molecule is CCc1c(C)[nH]c2ccncc12. The minimum absolute atomic E-state index is 1.07. The molecule has 0 saturated heterocycles. The van der Waals surface area contributed by atoms with E-state index < -0.39 is 0 Å². The Morgan fingerprint density at radius 2 is 2.33 bits per heavy atom. The number of nitrogens with one attached hydrogen (secondary N) is 1. The summed E-state index contributed by atoms with van der Waals surface area (Å²) in [5.74, 6) is 0. The Balaban J connectivity index is 2.81. The van der Waals surface area contributed by atoms with E-state index in [9.17, 15) is 0 Å². The fourth-order valence-electron chi connectivity index (χ4n) is 1.68. The topological polar surface area (TPSA) is 28.7 Å². The van der Waals surface area contributed by atoms with Crippen molar-refractivity contribution in [1.82, 2.24) is 9.97 Å². The Morgan fingerprint density at radius 3 is 3.08 bits per heavy atom. The summed E-state index contributed by atoms with van der Waals surface area (Å²) in [4.78, 5) is 7.45. The molecule has 0 fully saturated rings. The summed E-state index contributed by atoms with van der Waals surface area (Å²) in [7, 11) is 0. The van der Waals surface area contributed by atoms with Crippen LogP contribution in [-0.2, 0) is 6.42 Å². The van der Waals surface area contributed by atoms with Gasteiger partial charge in [0.15, 0.2) is 0 Å². The Kier molecular flexibility index (Phi) is 1.61. The molecule has 2 rings (SSSR count). The van der Waals surface area contributed by atoms with Gasteiger partial charge in [-0.2, -0.15) is 0 Å². The minimum Gasteiger partial charge on any atom is -0.358 e. The monoisotopic (exact) mass is 160 g/mol. The first kappa shape index (κ1) is 7.35. The third kappa shape index (κ3) is 0.916. The van der Waals surface area contributed by atoms with Crippen molar-refractivity contribution >= 4 is 10.9 Å². The minimum atomic E-state index is 1.07. The zero-order chi connectivity index (χ0) is 8.55. The van der Waals surface area contributed by atoms with Crippen LogP contribution >= 0.6 is 0 Å². The van der Waals surface area contributed by atoms with E-state index in [0.717, 1.165) is 6.42 Å². The van der Waals surface area contributed by atoms with Gasteiger partial charge in [-0.25, -0.2) is 0 Å². The van der Waals surface area contributed by atoms with Gasteiger partial charge in [0.05, 0.1) is 0 Å². The van der Waals surface area contributed by atoms with Gasteiger partial charge in [0.25, 0.3) is 0 Å². The van der Waals surface area contributed by atoms with Crippen LogP contribution in [0.4, 0.5) is 0 Å². The van der Waals surface area contributed by atoms with Gasteiger partial charge < -0.3 is 4.98 Å². The molecule has 0 aromatic carbocycles. The van der Waals surface area contributed by atoms with Crippen LogP contribution in [0.15, 0.2) is 18.5 Å². The number of aromatic amines is 1. The van der Waals surface area contributed by atoms with Crippen LogP contribution in [0.1, 0.15) is 18.2 Å². The summed E-state index contributed by atoms with van der Waals surface area (Å²) in [5, 5.41) is 1.26. The van der Waals surface area contributed by atoms with Crippen molar-refractivity contribution in [2.24, 2.45) is 0 Å². The quantitative estimate of drug-likeness (QED) is 0.682. The highest BCUT2D eigenvalue weighted by Crippen LogP contribution is 2.20. The molecule has 0 unspecified atom stereocenters. The van der Waals surface area contributed by atoms with Crippen molar-refractivity contribution in [3.05, 3.63) is 29.7 Å². The lowest BCUT2D eigenvalue weighted by Crippen LogP contribution is -1.80. The third-order valence-corrected chi connectivity index (χ3v) is 2.27. The van der Waals surface area contributed by atoms with Crippen LogP contribution in [0.25, 0.3) is 10.9 Å². The number of pyridine rings is 1. The Morgan fingerprint density at radius 1 is 1.50 bits per heavy atom. The normalized spacial score (nSPS) is 10.8. The second kappa shape index (κ2) is 2.63. The summed E-state index contributed by atoms with van der Waals surface area (Å²) in [6.07, 6.45) is 4.81. The molecular weight excluding hydrogens is 148 g/mol. The lowest BCUT2D eigenvalue weighted by Gasteiger charge is -1.92. The molecule has 2 heterocycles. The largest absolute Gasteiger partial charge is 0.358 e. The molecule has 62 valence electrons. The molecule has 0 aliphatic heterocycles. The maximum absolute atomic E-state index is 4.11. The van der Waals surface area contributed by atoms with Gasteiger partial charge in [-0.1, -0.05) is 6.92 Å².